The summed E-state index contributed by atoms with van der Waals surface area (Å²) in [5, 5.41) is 10.6. The molecule has 1 nitrogen and oxygen atoms in total. The number of alkyl halides is 3. The van der Waals surface area contributed by atoms with Gasteiger partial charge >= 0.3 is 6.18 Å². The molecule has 0 aromatic carbocycles. The number of hydrogen-bond acceptors (Lipinski definition) is 1. The van der Waals surface area contributed by atoms with Crippen LogP contribution in [0.3, 0.4) is 0 Å². The van der Waals surface area contributed by atoms with Gasteiger partial charge in [-0.2, -0.15) is 13.2 Å². The van der Waals surface area contributed by atoms with Crippen LogP contribution in [-0.2, 0) is 19.5 Å². The van der Waals surface area contributed by atoms with Crippen LogP contribution >= 0.6 is 0 Å². The fourth-order valence-electron chi connectivity index (χ4n) is 9.60. The van der Waals surface area contributed by atoms with Crippen LogP contribution in [0.4, 0.5) is 13.2 Å². The van der Waals surface area contributed by atoms with Gasteiger partial charge in [0.25, 0.3) is 0 Å². The fraction of sp³-hybridized carbons (Fsp3) is 0.815. The molecule has 0 aromatic rings. The van der Waals surface area contributed by atoms with Crippen LogP contribution in [0.5, 0.6) is 0 Å². The predicted octanol–water partition coefficient (Wildman–Crippen LogP) is 7.66. The van der Waals surface area contributed by atoms with Crippen molar-refractivity contribution in [1.82, 2.24) is 0 Å². The Morgan fingerprint density at radius 2 is 1.59 bits per heavy atom. The SMILES string of the molecule is C=C[C@]12CC[C@]3(C)[C@@H](C(=C)[CH2-])CC[C@@]3(C)[C@@H]1CC[C@]1(C)C[C@@](O)(C(F)(F)F)CC[C@@]12C.[Rh]. The first-order valence-corrected chi connectivity index (χ1v) is 12.0. The van der Waals surface area contributed by atoms with E-state index in [1.54, 1.807) is 0 Å². The third-order valence-corrected chi connectivity index (χ3v) is 11.9. The van der Waals surface area contributed by atoms with Crippen molar-refractivity contribution in [2.75, 3.05) is 0 Å². The summed E-state index contributed by atoms with van der Waals surface area (Å²) in [5.41, 5.74) is -2.44. The maximum Gasteiger partial charge on any atom is 0.417 e. The molecule has 4 fully saturated rings. The average molecular weight is 541 g/mol. The molecule has 4 aliphatic rings. The summed E-state index contributed by atoms with van der Waals surface area (Å²) >= 11 is 0. The van der Waals surface area contributed by atoms with Crippen LogP contribution in [0, 0.1) is 45.8 Å². The Labute approximate surface area is 205 Å². The Balaban J connectivity index is 0.00000289. The standard InChI is InChI=1S/C27H40F3O.Rh/c1-8-25-15-13-22(5)19(18(2)3)9-12-23(22,6)20(25)10-11-21(4)17-26(31,27(28,29)30)16-14-24(21,25)7;/h8,19-20,31H,1-3,9-17H2,4-7H3;/q-1;/t19-,20+,21-,22-,23+,24+,25+,26-;/m1./s1. The molecule has 0 amide bonds. The second-order valence-corrected chi connectivity index (χ2v) is 12.5. The van der Waals surface area contributed by atoms with Crippen molar-refractivity contribution >= 4 is 0 Å². The van der Waals surface area contributed by atoms with E-state index in [0.717, 1.165) is 44.1 Å². The van der Waals surface area contributed by atoms with Crippen molar-refractivity contribution in [2.45, 2.75) is 97.3 Å². The second kappa shape index (κ2) is 7.36. The molecule has 0 spiro atoms. The minimum atomic E-state index is -4.58. The molecule has 0 unspecified atom stereocenters. The van der Waals surface area contributed by atoms with E-state index in [0.29, 0.717) is 18.3 Å². The van der Waals surface area contributed by atoms with Crippen molar-refractivity contribution in [3.05, 3.63) is 31.7 Å². The van der Waals surface area contributed by atoms with Gasteiger partial charge in [0.1, 0.15) is 0 Å². The third kappa shape index (κ3) is 2.85. The molecule has 1 radical (unpaired) electrons. The van der Waals surface area contributed by atoms with Gasteiger partial charge in [0.05, 0.1) is 0 Å². The summed E-state index contributed by atoms with van der Waals surface area (Å²) in [6, 6.07) is 0. The molecule has 0 heterocycles. The van der Waals surface area contributed by atoms with Gasteiger partial charge in [0.2, 0.25) is 0 Å². The summed E-state index contributed by atoms with van der Waals surface area (Å²) < 4.78 is 41.4. The Morgan fingerprint density at radius 1 is 0.969 bits per heavy atom. The number of aliphatic hydroxyl groups is 1. The Hall–Kier alpha value is -0.277. The van der Waals surface area contributed by atoms with E-state index in [2.05, 4.69) is 46.9 Å². The number of rotatable bonds is 2. The van der Waals surface area contributed by atoms with E-state index in [4.69, 9.17) is 0 Å². The second-order valence-electron chi connectivity index (χ2n) is 12.5. The van der Waals surface area contributed by atoms with E-state index in [9.17, 15) is 18.3 Å². The molecule has 0 aromatic heterocycles. The van der Waals surface area contributed by atoms with Crippen LogP contribution in [0.2, 0.25) is 0 Å². The molecule has 8 atom stereocenters. The molecule has 4 rings (SSSR count). The molecule has 32 heavy (non-hydrogen) atoms. The van der Waals surface area contributed by atoms with Gasteiger partial charge < -0.3 is 5.11 Å². The summed E-state index contributed by atoms with van der Waals surface area (Å²) in [5.74, 6) is 0.791. The van der Waals surface area contributed by atoms with Gasteiger partial charge in [-0.1, -0.05) is 33.8 Å². The Bertz CT molecular complexity index is 809. The van der Waals surface area contributed by atoms with Gasteiger partial charge in [0, 0.05) is 19.5 Å². The molecule has 1 N–H and O–H groups in total. The van der Waals surface area contributed by atoms with Gasteiger partial charge in [-0.25, -0.2) is 19.1 Å². The van der Waals surface area contributed by atoms with E-state index < -0.39 is 17.2 Å². The third-order valence-electron chi connectivity index (χ3n) is 11.9. The van der Waals surface area contributed by atoms with Crippen LogP contribution in [0.1, 0.15) is 85.5 Å². The molecule has 0 saturated heterocycles. The minimum absolute atomic E-state index is 0. The molecule has 0 aliphatic heterocycles. The normalized spacial score (nSPS) is 52.8. The molecule has 185 valence electrons. The molecule has 5 heteroatoms. The molecule has 0 bridgehead atoms. The van der Waals surface area contributed by atoms with Gasteiger partial charge in [-0.15, -0.1) is 6.58 Å². The van der Waals surface area contributed by atoms with E-state index in [-0.39, 0.29) is 54.0 Å². The van der Waals surface area contributed by atoms with E-state index in [1.165, 1.54) is 0 Å². The van der Waals surface area contributed by atoms with Gasteiger partial charge in [-0.05, 0) is 96.7 Å². The predicted molar refractivity (Wildman–Crippen MR) is 119 cm³/mol. The molecule has 4 aliphatic carbocycles. The number of halogens is 3. The van der Waals surface area contributed by atoms with Crippen molar-refractivity contribution < 1.29 is 37.8 Å². The fourth-order valence-corrected chi connectivity index (χ4v) is 9.60. The number of hydrogen-bond donors (Lipinski definition) is 1. The summed E-state index contributed by atoms with van der Waals surface area (Å²) in [7, 11) is 0. The van der Waals surface area contributed by atoms with Crippen LogP contribution < -0.4 is 0 Å². The number of allylic oxidation sites excluding steroid dienone is 2. The Morgan fingerprint density at radius 3 is 2.12 bits per heavy atom. The average Bonchev–Trinajstić information content (AvgIpc) is 2.93. The first-order valence-electron chi connectivity index (χ1n) is 12.0. The van der Waals surface area contributed by atoms with Crippen LogP contribution in [-0.4, -0.2) is 16.9 Å². The van der Waals surface area contributed by atoms with Crippen LogP contribution in [0.25, 0.3) is 0 Å². The monoisotopic (exact) mass is 540 g/mol. The largest absolute Gasteiger partial charge is 0.417 e. The summed E-state index contributed by atoms with van der Waals surface area (Å²) in [6.07, 6.45) is 3.34. The van der Waals surface area contributed by atoms with Crippen molar-refractivity contribution in [3.63, 3.8) is 0 Å². The van der Waals surface area contributed by atoms with Gasteiger partial charge in [0.15, 0.2) is 5.60 Å². The first-order chi connectivity index (χ1) is 14.1. The minimum Gasteiger partial charge on any atom is -0.380 e. The van der Waals surface area contributed by atoms with E-state index >= 15 is 0 Å². The van der Waals surface area contributed by atoms with Crippen molar-refractivity contribution in [1.29, 1.82) is 0 Å². The number of fused-ring (bicyclic) bond motifs is 5. The maximum atomic E-state index is 13.8. The van der Waals surface area contributed by atoms with Gasteiger partial charge in [-0.3, -0.25) is 0 Å². The topological polar surface area (TPSA) is 20.2 Å². The smallest absolute Gasteiger partial charge is 0.380 e. The zero-order chi connectivity index (χ0) is 23.3. The summed E-state index contributed by atoms with van der Waals surface area (Å²) in [6.45, 7) is 21.8. The van der Waals surface area contributed by atoms with Crippen LogP contribution in [0.15, 0.2) is 24.8 Å². The van der Waals surface area contributed by atoms with Crippen molar-refractivity contribution in [3.8, 4) is 0 Å². The zero-order valence-corrected chi connectivity index (χ0v) is 21.8. The maximum absolute atomic E-state index is 13.8. The Kier molecular flexibility index (Phi) is 6.06. The zero-order valence-electron chi connectivity index (χ0n) is 20.1. The van der Waals surface area contributed by atoms with E-state index in [1.807, 2.05) is 6.92 Å². The first kappa shape index (κ1) is 26.3. The summed E-state index contributed by atoms with van der Waals surface area (Å²) in [4.78, 5) is 0. The van der Waals surface area contributed by atoms with Crippen molar-refractivity contribution in [2.24, 2.45) is 38.9 Å². The quantitative estimate of drug-likeness (QED) is 0.217. The molecule has 4 saturated carbocycles. The molecular weight excluding hydrogens is 500 g/mol. The molecular formula is C27H40F3ORh-.